The van der Waals surface area contributed by atoms with Crippen LogP contribution in [0.25, 0.3) is 0 Å². The van der Waals surface area contributed by atoms with Crippen molar-refractivity contribution >= 4 is 17.7 Å². The van der Waals surface area contributed by atoms with Gasteiger partial charge in [-0.1, -0.05) is 39.0 Å². The molecule has 0 fully saturated rings. The van der Waals surface area contributed by atoms with E-state index in [1.165, 1.54) is 44.3 Å². The molecular weight excluding hydrogens is 246 g/mol. The number of carbonyl (C=O) groups is 1. The highest BCUT2D eigenvalue weighted by molar-refractivity contribution is 7.99. The molecule has 18 heavy (non-hydrogen) atoms. The molecule has 2 N–H and O–H groups in total. The van der Waals surface area contributed by atoms with Crippen molar-refractivity contribution in [3.05, 3.63) is 0 Å². The molecule has 3 nitrogen and oxygen atoms in total. The van der Waals surface area contributed by atoms with Gasteiger partial charge in [0.2, 0.25) is 0 Å². The van der Waals surface area contributed by atoms with Crippen molar-refractivity contribution in [3.8, 4) is 0 Å². The van der Waals surface area contributed by atoms with Crippen molar-refractivity contribution in [2.75, 3.05) is 18.1 Å². The van der Waals surface area contributed by atoms with Crippen molar-refractivity contribution in [2.24, 2.45) is 5.73 Å². The summed E-state index contributed by atoms with van der Waals surface area (Å²) in [6.45, 7) is 4.46. The van der Waals surface area contributed by atoms with Gasteiger partial charge < -0.3 is 10.5 Å². The van der Waals surface area contributed by atoms with E-state index in [9.17, 15) is 4.79 Å². The predicted octanol–water partition coefficient (Wildman–Crippen LogP) is 3.36. The van der Waals surface area contributed by atoms with Crippen molar-refractivity contribution in [2.45, 2.75) is 64.8 Å². The maximum Gasteiger partial charge on any atom is 0.322 e. The summed E-state index contributed by atoms with van der Waals surface area (Å²) in [7, 11) is 0. The van der Waals surface area contributed by atoms with E-state index in [2.05, 4.69) is 6.92 Å². The predicted molar refractivity (Wildman–Crippen MR) is 79.9 cm³/mol. The summed E-state index contributed by atoms with van der Waals surface area (Å²) in [5.74, 6) is 1.87. The molecule has 0 aliphatic carbocycles. The normalized spacial score (nSPS) is 12.4. The molecule has 0 spiro atoms. The van der Waals surface area contributed by atoms with Gasteiger partial charge in [-0.15, -0.1) is 0 Å². The molecule has 108 valence electrons. The summed E-state index contributed by atoms with van der Waals surface area (Å²) in [5.41, 5.74) is 5.71. The Morgan fingerprint density at radius 1 is 1.11 bits per heavy atom. The molecule has 0 aliphatic rings. The Kier molecular flexibility index (Phi) is 13.1. The van der Waals surface area contributed by atoms with Crippen LogP contribution in [0.2, 0.25) is 0 Å². The molecule has 0 aromatic carbocycles. The van der Waals surface area contributed by atoms with Gasteiger partial charge in [0.05, 0.1) is 6.61 Å². The van der Waals surface area contributed by atoms with Crippen LogP contribution in [0.5, 0.6) is 0 Å². The number of esters is 1. The van der Waals surface area contributed by atoms with E-state index in [0.29, 0.717) is 6.61 Å². The monoisotopic (exact) mass is 275 g/mol. The highest BCUT2D eigenvalue weighted by Gasteiger charge is 2.13. The van der Waals surface area contributed by atoms with Crippen molar-refractivity contribution in [1.29, 1.82) is 0 Å². The van der Waals surface area contributed by atoms with Crippen molar-refractivity contribution < 1.29 is 9.53 Å². The standard InChI is InChI=1S/C14H29NO2S/c1-3-5-6-7-8-9-11-18-12-10-13(15)14(16)17-4-2/h13H,3-12,15H2,1-2H3. The van der Waals surface area contributed by atoms with Gasteiger partial charge in [-0.25, -0.2) is 0 Å². The van der Waals surface area contributed by atoms with Gasteiger partial charge in [0.1, 0.15) is 6.04 Å². The first kappa shape index (κ1) is 17.8. The Balaban J connectivity index is 3.22. The zero-order chi connectivity index (χ0) is 13.6. The molecule has 0 aromatic rings. The van der Waals surface area contributed by atoms with Crippen LogP contribution in [0.3, 0.4) is 0 Å². The average Bonchev–Trinajstić information content (AvgIpc) is 2.36. The lowest BCUT2D eigenvalue weighted by Gasteiger charge is -2.09. The van der Waals surface area contributed by atoms with E-state index in [1.807, 2.05) is 11.8 Å². The maximum atomic E-state index is 11.3. The van der Waals surface area contributed by atoms with Gasteiger partial charge >= 0.3 is 5.97 Å². The lowest BCUT2D eigenvalue weighted by atomic mass is 10.1. The number of nitrogens with two attached hydrogens (primary N) is 1. The van der Waals surface area contributed by atoms with Crippen LogP contribution in [0.15, 0.2) is 0 Å². The van der Waals surface area contributed by atoms with Crippen LogP contribution in [0, 0.1) is 0 Å². The Morgan fingerprint density at radius 2 is 1.78 bits per heavy atom. The Hall–Kier alpha value is -0.220. The average molecular weight is 275 g/mol. The second-order valence-corrected chi connectivity index (χ2v) is 5.75. The van der Waals surface area contributed by atoms with E-state index in [1.54, 1.807) is 6.92 Å². The molecule has 0 rings (SSSR count). The van der Waals surface area contributed by atoms with Gasteiger partial charge in [0, 0.05) is 0 Å². The molecule has 0 bridgehead atoms. The van der Waals surface area contributed by atoms with E-state index in [-0.39, 0.29) is 5.97 Å². The molecule has 1 atom stereocenters. The van der Waals surface area contributed by atoms with Crippen LogP contribution in [0.1, 0.15) is 58.8 Å². The largest absolute Gasteiger partial charge is 0.465 e. The molecule has 0 amide bonds. The third-order valence-electron chi connectivity index (χ3n) is 2.80. The number of hydrogen-bond acceptors (Lipinski definition) is 4. The van der Waals surface area contributed by atoms with Crippen LogP contribution in [0.4, 0.5) is 0 Å². The summed E-state index contributed by atoms with van der Waals surface area (Å²) < 4.78 is 4.86. The summed E-state index contributed by atoms with van der Waals surface area (Å²) in [6, 6.07) is -0.443. The first-order valence-corrected chi connectivity index (χ1v) is 8.37. The van der Waals surface area contributed by atoms with Crippen molar-refractivity contribution in [1.82, 2.24) is 0 Å². The first-order chi connectivity index (χ1) is 8.72. The number of rotatable bonds is 12. The lowest BCUT2D eigenvalue weighted by Crippen LogP contribution is -2.32. The van der Waals surface area contributed by atoms with Crippen LogP contribution < -0.4 is 5.73 Å². The van der Waals surface area contributed by atoms with Gasteiger partial charge in [-0.3, -0.25) is 4.79 Å². The molecule has 1 unspecified atom stereocenters. The fraction of sp³-hybridized carbons (Fsp3) is 0.929. The second kappa shape index (κ2) is 13.2. The highest BCUT2D eigenvalue weighted by Crippen LogP contribution is 2.11. The Morgan fingerprint density at radius 3 is 2.44 bits per heavy atom. The topological polar surface area (TPSA) is 52.3 Å². The summed E-state index contributed by atoms with van der Waals surface area (Å²) in [4.78, 5) is 11.3. The van der Waals surface area contributed by atoms with Gasteiger partial charge in [0.25, 0.3) is 0 Å². The minimum atomic E-state index is -0.443. The molecular formula is C14H29NO2S. The summed E-state index contributed by atoms with van der Waals surface area (Å²) >= 11 is 1.89. The SMILES string of the molecule is CCCCCCCCSCCC(N)C(=O)OCC. The quantitative estimate of drug-likeness (QED) is 0.438. The number of hydrogen-bond donors (Lipinski definition) is 1. The molecule has 0 heterocycles. The minimum Gasteiger partial charge on any atom is -0.465 e. The van der Waals surface area contributed by atoms with Crippen molar-refractivity contribution in [3.63, 3.8) is 0 Å². The maximum absolute atomic E-state index is 11.3. The molecule has 0 saturated carbocycles. The summed E-state index contributed by atoms with van der Waals surface area (Å²) in [6.07, 6.45) is 8.73. The number of unbranched alkanes of at least 4 members (excludes halogenated alkanes) is 5. The van der Waals surface area contributed by atoms with E-state index in [0.717, 1.165) is 12.2 Å². The van der Waals surface area contributed by atoms with E-state index in [4.69, 9.17) is 10.5 Å². The highest BCUT2D eigenvalue weighted by atomic mass is 32.2. The first-order valence-electron chi connectivity index (χ1n) is 7.22. The minimum absolute atomic E-state index is 0.266. The van der Waals surface area contributed by atoms with Crippen LogP contribution in [-0.4, -0.2) is 30.1 Å². The number of ether oxygens (including phenoxy) is 1. The Bertz CT molecular complexity index is 200. The van der Waals surface area contributed by atoms with E-state index >= 15 is 0 Å². The lowest BCUT2D eigenvalue weighted by molar-refractivity contribution is -0.144. The van der Waals surface area contributed by atoms with Crippen LogP contribution in [-0.2, 0) is 9.53 Å². The third kappa shape index (κ3) is 10.9. The zero-order valence-corrected chi connectivity index (χ0v) is 12.8. The van der Waals surface area contributed by atoms with Gasteiger partial charge in [-0.2, -0.15) is 11.8 Å². The van der Waals surface area contributed by atoms with Gasteiger partial charge in [-0.05, 0) is 31.3 Å². The third-order valence-corrected chi connectivity index (χ3v) is 3.91. The fourth-order valence-electron chi connectivity index (χ4n) is 1.66. The fourth-order valence-corrected chi connectivity index (χ4v) is 2.70. The molecule has 0 saturated heterocycles. The molecule has 0 aliphatic heterocycles. The smallest absolute Gasteiger partial charge is 0.322 e. The molecule has 0 radical (unpaired) electrons. The zero-order valence-electron chi connectivity index (χ0n) is 12.0. The second-order valence-electron chi connectivity index (χ2n) is 4.53. The number of carbonyl (C=O) groups excluding carboxylic acids is 1. The number of thioether (sulfide) groups is 1. The molecule has 4 heteroatoms. The summed E-state index contributed by atoms with van der Waals surface area (Å²) in [5, 5.41) is 0. The van der Waals surface area contributed by atoms with E-state index < -0.39 is 6.04 Å². The van der Waals surface area contributed by atoms with Gasteiger partial charge in [0.15, 0.2) is 0 Å². The Labute approximate surface area is 116 Å². The van der Waals surface area contributed by atoms with Crippen LogP contribution >= 0.6 is 11.8 Å². The molecule has 0 aromatic heterocycles.